The molecule has 2 aromatic carbocycles. The van der Waals surface area contributed by atoms with Crippen molar-refractivity contribution in [3.63, 3.8) is 0 Å². The van der Waals surface area contributed by atoms with Crippen molar-refractivity contribution < 1.29 is 19.0 Å². The van der Waals surface area contributed by atoms with Crippen LogP contribution in [0.3, 0.4) is 0 Å². The molecule has 4 aromatic rings. The lowest BCUT2D eigenvalue weighted by atomic mass is 10.2. The zero-order chi connectivity index (χ0) is 21.4. The van der Waals surface area contributed by atoms with Crippen LogP contribution in [0, 0.1) is 0 Å². The average Bonchev–Trinajstić information content (AvgIpc) is 3.42. The van der Waals surface area contributed by atoms with Gasteiger partial charge < -0.3 is 24.1 Å². The van der Waals surface area contributed by atoms with Crippen molar-refractivity contribution in [2.75, 3.05) is 19.0 Å². The van der Waals surface area contributed by atoms with Crippen molar-refractivity contribution in [3.05, 3.63) is 54.6 Å². The highest BCUT2D eigenvalue weighted by atomic mass is 16.6. The third-order valence-corrected chi connectivity index (χ3v) is 5.33. The summed E-state index contributed by atoms with van der Waals surface area (Å²) in [7, 11) is 1.66. The molecule has 1 aliphatic rings. The Balaban J connectivity index is 1.36. The van der Waals surface area contributed by atoms with Gasteiger partial charge in [0.1, 0.15) is 12.4 Å². The lowest BCUT2D eigenvalue weighted by Crippen LogP contribution is -2.40. The molecular formula is C23H22N4O4. The minimum atomic E-state index is -0.746. The molecule has 3 heterocycles. The van der Waals surface area contributed by atoms with Crippen LogP contribution in [0.4, 0.5) is 5.82 Å². The Bertz CT molecular complexity index is 1260. The van der Waals surface area contributed by atoms with E-state index in [1.165, 1.54) is 0 Å². The number of nitrogens with zero attached hydrogens (tertiary/aromatic N) is 2. The SMILES string of the molecule is CCn1c(-c2cc(NC(=O)[C@H]3COc4ccccc4O3)n[nH]2)cc2ccc(OC)cc21. The summed E-state index contributed by atoms with van der Waals surface area (Å²) in [6, 6.07) is 17.2. The molecule has 0 radical (unpaired) electrons. The smallest absolute Gasteiger partial charge is 0.270 e. The summed E-state index contributed by atoms with van der Waals surface area (Å²) in [4.78, 5) is 12.7. The second kappa shape index (κ2) is 7.71. The predicted molar refractivity (Wildman–Crippen MR) is 117 cm³/mol. The maximum atomic E-state index is 12.7. The van der Waals surface area contributed by atoms with Gasteiger partial charge in [-0.05, 0) is 37.3 Å². The van der Waals surface area contributed by atoms with Crippen LogP contribution in [0.2, 0.25) is 0 Å². The largest absolute Gasteiger partial charge is 0.497 e. The zero-order valence-corrected chi connectivity index (χ0v) is 17.2. The lowest BCUT2D eigenvalue weighted by molar-refractivity contribution is -0.125. The second-order valence-corrected chi connectivity index (χ2v) is 7.22. The molecule has 0 saturated heterocycles. The van der Waals surface area contributed by atoms with Crippen LogP contribution in [0.25, 0.3) is 22.3 Å². The van der Waals surface area contributed by atoms with E-state index in [-0.39, 0.29) is 12.5 Å². The highest BCUT2D eigenvalue weighted by molar-refractivity contribution is 5.94. The summed E-state index contributed by atoms with van der Waals surface area (Å²) in [5.74, 6) is 2.11. The first-order valence-electron chi connectivity index (χ1n) is 10.1. The van der Waals surface area contributed by atoms with Crippen molar-refractivity contribution in [1.29, 1.82) is 0 Å². The van der Waals surface area contributed by atoms with Gasteiger partial charge in [-0.1, -0.05) is 12.1 Å². The molecule has 0 aliphatic carbocycles. The Kier molecular flexibility index (Phi) is 4.74. The van der Waals surface area contributed by atoms with Crippen LogP contribution in [0.1, 0.15) is 6.92 Å². The van der Waals surface area contributed by atoms with E-state index >= 15 is 0 Å². The van der Waals surface area contributed by atoms with Crippen molar-refractivity contribution in [3.8, 4) is 28.6 Å². The summed E-state index contributed by atoms with van der Waals surface area (Å²) in [6.07, 6.45) is -0.746. The summed E-state index contributed by atoms with van der Waals surface area (Å²) < 4.78 is 18.9. The number of ether oxygens (including phenoxy) is 3. The normalized spacial score (nSPS) is 15.1. The maximum absolute atomic E-state index is 12.7. The monoisotopic (exact) mass is 418 g/mol. The Morgan fingerprint density at radius 2 is 2.06 bits per heavy atom. The summed E-state index contributed by atoms with van der Waals surface area (Å²) in [6.45, 7) is 3.01. The van der Waals surface area contributed by atoms with Crippen LogP contribution in [-0.2, 0) is 11.3 Å². The second-order valence-electron chi connectivity index (χ2n) is 7.22. The fraction of sp³-hybridized carbons (Fsp3) is 0.217. The van der Waals surface area contributed by atoms with Gasteiger partial charge in [-0.25, -0.2) is 0 Å². The zero-order valence-electron chi connectivity index (χ0n) is 17.2. The first-order valence-corrected chi connectivity index (χ1v) is 10.1. The number of anilines is 1. The number of carbonyl (C=O) groups is 1. The number of para-hydroxylation sites is 2. The molecule has 8 heteroatoms. The molecular weight excluding hydrogens is 396 g/mol. The number of H-pyrrole nitrogens is 1. The van der Waals surface area contributed by atoms with E-state index in [1.54, 1.807) is 13.2 Å². The van der Waals surface area contributed by atoms with E-state index in [0.717, 1.165) is 34.6 Å². The molecule has 0 bridgehead atoms. The van der Waals surface area contributed by atoms with Gasteiger partial charge in [0.2, 0.25) is 6.10 Å². The van der Waals surface area contributed by atoms with Gasteiger partial charge in [-0.2, -0.15) is 5.10 Å². The molecule has 0 saturated carbocycles. The number of aromatic amines is 1. The molecule has 2 N–H and O–H groups in total. The first-order chi connectivity index (χ1) is 15.2. The summed E-state index contributed by atoms with van der Waals surface area (Å²) in [5, 5.41) is 11.2. The maximum Gasteiger partial charge on any atom is 0.270 e. The van der Waals surface area contributed by atoms with E-state index in [0.29, 0.717) is 17.3 Å². The number of benzene rings is 2. The molecule has 158 valence electrons. The fourth-order valence-electron chi connectivity index (χ4n) is 3.80. The quantitative estimate of drug-likeness (QED) is 0.514. The van der Waals surface area contributed by atoms with Gasteiger partial charge in [0.05, 0.1) is 24.0 Å². The molecule has 31 heavy (non-hydrogen) atoms. The third kappa shape index (κ3) is 3.46. The van der Waals surface area contributed by atoms with E-state index in [4.69, 9.17) is 14.2 Å². The van der Waals surface area contributed by atoms with E-state index in [2.05, 4.69) is 33.1 Å². The number of methoxy groups -OCH3 is 1. The number of carbonyl (C=O) groups excluding carboxylic acids is 1. The van der Waals surface area contributed by atoms with Crippen LogP contribution in [0.5, 0.6) is 17.2 Å². The van der Waals surface area contributed by atoms with Gasteiger partial charge in [0.15, 0.2) is 17.3 Å². The number of aromatic nitrogens is 3. The number of aryl methyl sites for hydroxylation is 1. The standard InChI is InChI=1S/C23H22N4O4/c1-3-27-17-11-15(29-2)9-8-14(17)10-18(27)16-12-22(26-25-16)24-23(28)21-13-30-19-6-4-5-7-20(19)31-21/h4-12,21H,3,13H2,1-2H3,(H2,24,25,26,28)/t21-/m1/s1. The van der Waals surface area contributed by atoms with Gasteiger partial charge in [-0.3, -0.25) is 9.89 Å². The molecule has 5 rings (SSSR count). The van der Waals surface area contributed by atoms with E-state index in [1.807, 2.05) is 42.5 Å². The molecule has 1 atom stereocenters. The predicted octanol–water partition coefficient (Wildman–Crippen LogP) is 3.84. The highest BCUT2D eigenvalue weighted by Crippen LogP contribution is 2.32. The molecule has 8 nitrogen and oxygen atoms in total. The molecule has 1 aliphatic heterocycles. The first kappa shape index (κ1) is 19.0. The van der Waals surface area contributed by atoms with E-state index in [9.17, 15) is 4.79 Å². The number of hydrogen-bond donors (Lipinski definition) is 2. The van der Waals surface area contributed by atoms with Crippen molar-refractivity contribution in [1.82, 2.24) is 14.8 Å². The number of hydrogen-bond acceptors (Lipinski definition) is 5. The Morgan fingerprint density at radius 1 is 1.23 bits per heavy atom. The highest BCUT2D eigenvalue weighted by Gasteiger charge is 2.28. The van der Waals surface area contributed by atoms with Gasteiger partial charge in [0, 0.05) is 24.1 Å². The topological polar surface area (TPSA) is 90.4 Å². The Labute approximate surface area is 178 Å². The minimum Gasteiger partial charge on any atom is -0.497 e. The molecule has 2 aromatic heterocycles. The Morgan fingerprint density at radius 3 is 2.87 bits per heavy atom. The fourth-order valence-corrected chi connectivity index (χ4v) is 3.80. The summed E-state index contributed by atoms with van der Waals surface area (Å²) >= 11 is 0. The molecule has 0 fully saturated rings. The van der Waals surface area contributed by atoms with Crippen LogP contribution in [0.15, 0.2) is 54.6 Å². The van der Waals surface area contributed by atoms with Crippen LogP contribution < -0.4 is 19.5 Å². The lowest BCUT2D eigenvalue weighted by Gasteiger charge is -2.25. The van der Waals surface area contributed by atoms with Crippen LogP contribution >= 0.6 is 0 Å². The van der Waals surface area contributed by atoms with Crippen LogP contribution in [-0.4, -0.2) is 40.5 Å². The number of amides is 1. The van der Waals surface area contributed by atoms with Gasteiger partial charge in [-0.15, -0.1) is 0 Å². The number of fused-ring (bicyclic) bond motifs is 2. The third-order valence-electron chi connectivity index (χ3n) is 5.33. The molecule has 1 amide bonds. The van der Waals surface area contributed by atoms with Crippen molar-refractivity contribution >= 4 is 22.6 Å². The van der Waals surface area contributed by atoms with Crippen molar-refractivity contribution in [2.24, 2.45) is 0 Å². The number of nitrogens with one attached hydrogen (secondary N) is 2. The van der Waals surface area contributed by atoms with Gasteiger partial charge in [0.25, 0.3) is 5.91 Å². The number of rotatable bonds is 5. The van der Waals surface area contributed by atoms with Crippen molar-refractivity contribution in [2.45, 2.75) is 19.6 Å². The summed E-state index contributed by atoms with van der Waals surface area (Å²) in [5.41, 5.74) is 2.85. The average molecular weight is 418 g/mol. The molecule has 0 spiro atoms. The molecule has 0 unspecified atom stereocenters. The van der Waals surface area contributed by atoms with E-state index < -0.39 is 6.10 Å². The van der Waals surface area contributed by atoms with Gasteiger partial charge >= 0.3 is 0 Å². The Hall–Kier alpha value is -3.94. The minimum absolute atomic E-state index is 0.145.